The van der Waals surface area contributed by atoms with Crippen LogP contribution in [0, 0.1) is 0 Å². The highest BCUT2D eigenvalue weighted by atomic mass is 16.5. The first-order chi connectivity index (χ1) is 13.4. The average Bonchev–Trinajstić information content (AvgIpc) is 2.67. The Kier molecular flexibility index (Phi) is 7.61. The maximum Gasteiger partial charge on any atom is 0.338 e. The van der Waals surface area contributed by atoms with Crippen LogP contribution >= 0.6 is 0 Å². The molecule has 0 aliphatic carbocycles. The van der Waals surface area contributed by atoms with Crippen LogP contribution in [0.4, 0.5) is 10.5 Å². The van der Waals surface area contributed by atoms with E-state index in [0.29, 0.717) is 29.9 Å². The Bertz CT molecular complexity index is 755. The van der Waals surface area contributed by atoms with Gasteiger partial charge in [-0.2, -0.15) is 0 Å². The highest BCUT2D eigenvalue weighted by Crippen LogP contribution is 2.31. The van der Waals surface area contributed by atoms with Crippen molar-refractivity contribution < 1.29 is 19.1 Å². The number of rotatable bonds is 8. The summed E-state index contributed by atoms with van der Waals surface area (Å²) >= 11 is 0. The largest absolute Gasteiger partial charge is 0.463 e. The van der Waals surface area contributed by atoms with Crippen LogP contribution in [0.1, 0.15) is 58.6 Å². The second-order valence-corrected chi connectivity index (χ2v) is 6.62. The van der Waals surface area contributed by atoms with Gasteiger partial charge in [0.05, 0.1) is 18.2 Å². The van der Waals surface area contributed by atoms with Gasteiger partial charge < -0.3 is 15.4 Å². The SMILES string of the molecule is CCCCC(=O)Nc1ccc(C2NC(=O)N(CC)C(C)=C2C(=O)OCC)cc1. The summed E-state index contributed by atoms with van der Waals surface area (Å²) < 4.78 is 5.21. The van der Waals surface area contributed by atoms with E-state index in [-0.39, 0.29) is 18.5 Å². The molecular formula is C21H29N3O4. The van der Waals surface area contributed by atoms with Gasteiger partial charge in [0, 0.05) is 24.4 Å². The van der Waals surface area contributed by atoms with Gasteiger partial charge in [0.1, 0.15) is 0 Å². The lowest BCUT2D eigenvalue weighted by Crippen LogP contribution is -2.47. The summed E-state index contributed by atoms with van der Waals surface area (Å²) in [5, 5.41) is 5.74. The number of hydrogen-bond acceptors (Lipinski definition) is 4. The summed E-state index contributed by atoms with van der Waals surface area (Å²) in [5.41, 5.74) is 2.44. The second kappa shape index (κ2) is 9.92. The molecule has 0 spiro atoms. The molecule has 1 aromatic carbocycles. The first-order valence-electron chi connectivity index (χ1n) is 9.78. The van der Waals surface area contributed by atoms with Crippen LogP contribution in [0.2, 0.25) is 0 Å². The number of esters is 1. The summed E-state index contributed by atoms with van der Waals surface area (Å²) in [4.78, 5) is 38.4. The van der Waals surface area contributed by atoms with E-state index in [1.165, 1.54) is 4.90 Å². The van der Waals surface area contributed by atoms with Gasteiger partial charge in [-0.3, -0.25) is 9.69 Å². The molecule has 2 N–H and O–H groups in total. The Morgan fingerprint density at radius 1 is 1.18 bits per heavy atom. The van der Waals surface area contributed by atoms with Gasteiger partial charge in [0.15, 0.2) is 0 Å². The lowest BCUT2D eigenvalue weighted by Gasteiger charge is -2.34. The normalized spacial score (nSPS) is 16.6. The van der Waals surface area contributed by atoms with Crippen LogP contribution < -0.4 is 10.6 Å². The molecule has 0 saturated carbocycles. The molecule has 0 saturated heterocycles. The van der Waals surface area contributed by atoms with E-state index in [4.69, 9.17) is 4.74 Å². The Balaban J connectivity index is 2.28. The van der Waals surface area contributed by atoms with E-state index >= 15 is 0 Å². The van der Waals surface area contributed by atoms with Gasteiger partial charge in [-0.25, -0.2) is 9.59 Å². The molecule has 1 atom stereocenters. The van der Waals surface area contributed by atoms with Crippen LogP contribution in [0.25, 0.3) is 0 Å². The number of carbonyl (C=O) groups is 3. The number of ether oxygens (including phenoxy) is 1. The molecule has 1 heterocycles. The topological polar surface area (TPSA) is 87.7 Å². The molecule has 3 amide bonds. The van der Waals surface area contributed by atoms with E-state index in [0.717, 1.165) is 18.4 Å². The number of carbonyl (C=O) groups excluding carboxylic acids is 3. The third-order valence-electron chi connectivity index (χ3n) is 4.69. The van der Waals surface area contributed by atoms with E-state index in [9.17, 15) is 14.4 Å². The molecule has 7 heteroatoms. The Morgan fingerprint density at radius 2 is 1.86 bits per heavy atom. The zero-order valence-corrected chi connectivity index (χ0v) is 17.0. The monoisotopic (exact) mass is 387 g/mol. The molecule has 0 aromatic heterocycles. The van der Waals surface area contributed by atoms with Crippen molar-refractivity contribution >= 4 is 23.6 Å². The molecule has 152 valence electrons. The number of amides is 3. The highest BCUT2D eigenvalue weighted by molar-refractivity contribution is 5.95. The lowest BCUT2D eigenvalue weighted by molar-refractivity contribution is -0.139. The molecule has 1 aromatic rings. The van der Waals surface area contributed by atoms with Crippen LogP contribution in [-0.2, 0) is 14.3 Å². The number of urea groups is 1. The number of allylic oxidation sites excluding steroid dienone is 1. The number of nitrogens with one attached hydrogen (secondary N) is 2. The molecule has 1 aliphatic heterocycles. The fourth-order valence-electron chi connectivity index (χ4n) is 3.21. The number of benzene rings is 1. The van der Waals surface area contributed by atoms with Crippen LogP contribution in [-0.4, -0.2) is 36.0 Å². The summed E-state index contributed by atoms with van der Waals surface area (Å²) in [6.07, 6.45) is 2.29. The van der Waals surface area contributed by atoms with Crippen LogP contribution in [0.15, 0.2) is 35.5 Å². The molecule has 7 nitrogen and oxygen atoms in total. The first kappa shape index (κ1) is 21.5. The second-order valence-electron chi connectivity index (χ2n) is 6.62. The number of unbranched alkanes of at least 4 members (excludes halogenated alkanes) is 1. The molecule has 28 heavy (non-hydrogen) atoms. The predicted octanol–water partition coefficient (Wildman–Crippen LogP) is 3.74. The molecule has 0 radical (unpaired) electrons. The van der Waals surface area contributed by atoms with Crippen molar-refractivity contribution in [1.82, 2.24) is 10.2 Å². The van der Waals surface area contributed by atoms with Crippen molar-refractivity contribution in [2.75, 3.05) is 18.5 Å². The summed E-state index contributed by atoms with van der Waals surface area (Å²) in [5.74, 6) is -0.470. The van der Waals surface area contributed by atoms with E-state index in [1.807, 2.05) is 13.8 Å². The van der Waals surface area contributed by atoms with Crippen molar-refractivity contribution in [2.45, 2.75) is 53.0 Å². The quantitative estimate of drug-likeness (QED) is 0.665. The molecule has 0 fully saturated rings. The third-order valence-corrected chi connectivity index (χ3v) is 4.69. The van der Waals surface area contributed by atoms with Crippen LogP contribution in [0.3, 0.4) is 0 Å². The fraction of sp³-hybridized carbons (Fsp3) is 0.476. The molecular weight excluding hydrogens is 358 g/mol. The number of hydrogen-bond donors (Lipinski definition) is 2. The number of anilines is 1. The van der Waals surface area contributed by atoms with Gasteiger partial charge in [0.25, 0.3) is 0 Å². The van der Waals surface area contributed by atoms with Crippen LogP contribution in [0.5, 0.6) is 0 Å². The third kappa shape index (κ3) is 4.91. The van der Waals surface area contributed by atoms with E-state index in [1.54, 1.807) is 38.1 Å². The first-order valence-corrected chi connectivity index (χ1v) is 9.78. The maximum absolute atomic E-state index is 12.6. The zero-order valence-electron chi connectivity index (χ0n) is 17.0. The zero-order chi connectivity index (χ0) is 20.7. The molecule has 0 bridgehead atoms. The van der Waals surface area contributed by atoms with Crippen molar-refractivity contribution in [3.05, 3.63) is 41.1 Å². The average molecular weight is 387 g/mol. The van der Waals surface area contributed by atoms with E-state index in [2.05, 4.69) is 10.6 Å². The minimum Gasteiger partial charge on any atom is -0.463 e. The van der Waals surface area contributed by atoms with Gasteiger partial charge in [-0.1, -0.05) is 25.5 Å². The molecule has 1 unspecified atom stereocenters. The van der Waals surface area contributed by atoms with Gasteiger partial charge in [-0.15, -0.1) is 0 Å². The van der Waals surface area contributed by atoms with Gasteiger partial charge >= 0.3 is 12.0 Å². The Morgan fingerprint density at radius 3 is 2.43 bits per heavy atom. The smallest absolute Gasteiger partial charge is 0.338 e. The van der Waals surface area contributed by atoms with Gasteiger partial charge in [0.2, 0.25) is 5.91 Å². The van der Waals surface area contributed by atoms with Crippen molar-refractivity contribution in [3.63, 3.8) is 0 Å². The van der Waals surface area contributed by atoms with Gasteiger partial charge in [-0.05, 0) is 44.9 Å². The van der Waals surface area contributed by atoms with Crippen molar-refractivity contribution in [2.24, 2.45) is 0 Å². The molecule has 1 aliphatic rings. The lowest BCUT2D eigenvalue weighted by atomic mass is 9.94. The Hall–Kier alpha value is -2.83. The minimum atomic E-state index is -0.598. The predicted molar refractivity (Wildman–Crippen MR) is 108 cm³/mol. The highest BCUT2D eigenvalue weighted by Gasteiger charge is 2.35. The number of nitrogens with zero attached hydrogens (tertiary/aromatic N) is 1. The minimum absolute atomic E-state index is 0.0258. The standard InChI is InChI=1S/C21H29N3O4/c1-5-8-9-17(25)22-16-12-10-15(11-13-16)19-18(20(26)28-7-3)14(4)24(6-2)21(27)23-19/h10-13,19H,5-9H2,1-4H3,(H,22,25)(H,23,27). The summed E-state index contributed by atoms with van der Waals surface area (Å²) in [6.45, 7) is 8.10. The van der Waals surface area contributed by atoms with Crippen molar-refractivity contribution in [3.8, 4) is 0 Å². The maximum atomic E-state index is 12.6. The van der Waals surface area contributed by atoms with Crippen molar-refractivity contribution in [1.29, 1.82) is 0 Å². The summed E-state index contributed by atoms with van der Waals surface area (Å²) in [7, 11) is 0. The Labute approximate surface area is 166 Å². The summed E-state index contributed by atoms with van der Waals surface area (Å²) in [6, 6.07) is 6.29. The van der Waals surface area contributed by atoms with E-state index < -0.39 is 12.0 Å². The molecule has 2 rings (SSSR count). The fourth-order valence-corrected chi connectivity index (χ4v) is 3.21.